The summed E-state index contributed by atoms with van der Waals surface area (Å²) in [5, 5.41) is 2.83. The molecular formula is C19H19NO5. The zero-order valence-corrected chi connectivity index (χ0v) is 14.2. The molecule has 0 spiro atoms. The summed E-state index contributed by atoms with van der Waals surface area (Å²) in [5.74, 6) is 0.433. The van der Waals surface area contributed by atoms with Gasteiger partial charge in [0.2, 0.25) is 6.10 Å². The first-order valence-electron chi connectivity index (χ1n) is 7.92. The number of amides is 1. The smallest absolute Gasteiger partial charge is 0.337 e. The van der Waals surface area contributed by atoms with Crippen LogP contribution < -0.4 is 14.8 Å². The number of anilines is 1. The highest BCUT2D eigenvalue weighted by atomic mass is 16.6. The van der Waals surface area contributed by atoms with Crippen LogP contribution in [0.25, 0.3) is 0 Å². The first-order valence-corrected chi connectivity index (χ1v) is 7.92. The highest BCUT2D eigenvalue weighted by molar-refractivity contribution is 5.97. The molecule has 25 heavy (non-hydrogen) atoms. The van der Waals surface area contributed by atoms with Gasteiger partial charge in [0, 0.05) is 5.69 Å². The van der Waals surface area contributed by atoms with Crippen LogP contribution in [0.1, 0.15) is 22.8 Å². The Hall–Kier alpha value is -3.02. The van der Waals surface area contributed by atoms with Crippen molar-refractivity contribution in [1.82, 2.24) is 0 Å². The van der Waals surface area contributed by atoms with Gasteiger partial charge in [-0.25, -0.2) is 4.79 Å². The van der Waals surface area contributed by atoms with Gasteiger partial charge in [0.1, 0.15) is 6.10 Å². The molecule has 3 rings (SSSR count). The molecule has 1 heterocycles. The second-order valence-corrected chi connectivity index (χ2v) is 5.82. The molecule has 6 heteroatoms. The normalized spacial score (nSPS) is 18.4. The first kappa shape index (κ1) is 16.8. The van der Waals surface area contributed by atoms with Crippen LogP contribution in [-0.4, -0.2) is 31.2 Å². The van der Waals surface area contributed by atoms with Crippen LogP contribution in [-0.2, 0) is 9.53 Å². The van der Waals surface area contributed by atoms with Crippen molar-refractivity contribution < 1.29 is 23.8 Å². The fourth-order valence-electron chi connectivity index (χ4n) is 2.66. The van der Waals surface area contributed by atoms with Crippen LogP contribution in [0.3, 0.4) is 0 Å². The lowest BCUT2D eigenvalue weighted by atomic mass is 10.1. The molecule has 2 aromatic rings. The second kappa shape index (κ2) is 6.84. The summed E-state index contributed by atoms with van der Waals surface area (Å²) in [7, 11) is 1.33. The molecule has 1 aliphatic heterocycles. The Morgan fingerprint density at radius 1 is 1.08 bits per heavy atom. The lowest BCUT2D eigenvalue weighted by Gasteiger charge is -2.31. The summed E-state index contributed by atoms with van der Waals surface area (Å²) in [6, 6.07) is 12.2. The molecule has 130 valence electrons. The fourth-order valence-corrected chi connectivity index (χ4v) is 2.66. The molecule has 0 saturated carbocycles. The molecule has 0 saturated heterocycles. The first-order chi connectivity index (χ1) is 12.0. The number of methoxy groups -OCH3 is 1. The van der Waals surface area contributed by atoms with Gasteiger partial charge < -0.3 is 19.5 Å². The third kappa shape index (κ3) is 3.42. The number of carbonyl (C=O) groups excluding carboxylic acids is 2. The van der Waals surface area contributed by atoms with Gasteiger partial charge in [0.05, 0.1) is 12.7 Å². The Labute approximate surface area is 145 Å². The summed E-state index contributed by atoms with van der Waals surface area (Å²) in [6.07, 6.45) is -1.20. The van der Waals surface area contributed by atoms with Crippen molar-refractivity contribution >= 4 is 17.6 Å². The van der Waals surface area contributed by atoms with E-state index < -0.39 is 18.2 Å². The number of nitrogens with one attached hydrogen (secondary N) is 1. The van der Waals surface area contributed by atoms with Gasteiger partial charge in [0.25, 0.3) is 5.91 Å². The maximum atomic E-state index is 12.6. The standard InChI is InChI=1S/C19H19NO5/c1-11-10-13(19(22)23-3)8-9-14(11)20-18(21)17-12(2)24-15-6-4-5-7-16(15)25-17/h4-10,12,17H,1-3H3,(H,20,21). The zero-order chi connectivity index (χ0) is 18.0. The van der Waals surface area contributed by atoms with Crippen LogP contribution in [0, 0.1) is 6.92 Å². The molecule has 0 bridgehead atoms. The van der Waals surface area contributed by atoms with E-state index in [1.54, 1.807) is 44.2 Å². The van der Waals surface area contributed by atoms with Gasteiger partial charge in [-0.3, -0.25) is 4.79 Å². The fraction of sp³-hybridized carbons (Fsp3) is 0.263. The quantitative estimate of drug-likeness (QED) is 0.869. The maximum Gasteiger partial charge on any atom is 0.337 e. The van der Waals surface area contributed by atoms with Crippen molar-refractivity contribution in [3.05, 3.63) is 53.6 Å². The predicted molar refractivity (Wildman–Crippen MR) is 92.1 cm³/mol. The minimum absolute atomic E-state index is 0.309. The van der Waals surface area contributed by atoms with Crippen LogP contribution >= 0.6 is 0 Å². The summed E-state index contributed by atoms with van der Waals surface area (Å²) >= 11 is 0. The van der Waals surface area contributed by atoms with Crippen molar-refractivity contribution in [2.75, 3.05) is 12.4 Å². The van der Waals surface area contributed by atoms with Gasteiger partial charge in [-0.05, 0) is 49.7 Å². The minimum atomic E-state index is -0.769. The Morgan fingerprint density at radius 3 is 2.40 bits per heavy atom. The van der Waals surface area contributed by atoms with E-state index in [1.165, 1.54) is 7.11 Å². The number of hydrogen-bond acceptors (Lipinski definition) is 5. The van der Waals surface area contributed by atoms with E-state index in [4.69, 9.17) is 14.2 Å². The number of benzene rings is 2. The average Bonchev–Trinajstić information content (AvgIpc) is 2.62. The van der Waals surface area contributed by atoms with Gasteiger partial charge in [-0.1, -0.05) is 12.1 Å². The number of fused-ring (bicyclic) bond motifs is 1. The van der Waals surface area contributed by atoms with Crippen LogP contribution in [0.4, 0.5) is 5.69 Å². The number of para-hydroxylation sites is 2. The number of esters is 1. The lowest BCUT2D eigenvalue weighted by molar-refractivity contribution is -0.128. The molecule has 2 unspecified atom stereocenters. The summed E-state index contributed by atoms with van der Waals surface area (Å²) in [4.78, 5) is 24.2. The molecule has 1 aliphatic rings. The molecule has 1 amide bonds. The van der Waals surface area contributed by atoms with Crippen molar-refractivity contribution in [3.63, 3.8) is 0 Å². The highest BCUT2D eigenvalue weighted by Gasteiger charge is 2.34. The molecule has 0 fully saturated rings. The summed E-state index contributed by atoms with van der Waals surface area (Å²) < 4.78 is 16.2. The van der Waals surface area contributed by atoms with Gasteiger partial charge in [-0.15, -0.1) is 0 Å². The molecule has 0 radical (unpaired) electrons. The molecule has 2 atom stereocenters. The van der Waals surface area contributed by atoms with Crippen LogP contribution in [0.15, 0.2) is 42.5 Å². The van der Waals surface area contributed by atoms with Gasteiger partial charge in [-0.2, -0.15) is 0 Å². The summed E-state index contributed by atoms with van der Waals surface area (Å²) in [5.41, 5.74) is 1.78. The maximum absolute atomic E-state index is 12.6. The predicted octanol–water partition coefficient (Wildman–Crippen LogP) is 2.95. The van der Waals surface area contributed by atoms with E-state index in [-0.39, 0.29) is 5.91 Å². The largest absolute Gasteiger partial charge is 0.482 e. The third-order valence-corrected chi connectivity index (χ3v) is 4.01. The summed E-state index contributed by atoms with van der Waals surface area (Å²) in [6.45, 7) is 3.59. The molecule has 2 aromatic carbocycles. The molecular weight excluding hydrogens is 322 g/mol. The van der Waals surface area contributed by atoms with E-state index in [0.717, 1.165) is 5.56 Å². The molecule has 0 aromatic heterocycles. The van der Waals surface area contributed by atoms with E-state index in [2.05, 4.69) is 5.32 Å². The number of aryl methyl sites for hydroxylation is 1. The Balaban J connectivity index is 1.75. The SMILES string of the molecule is COC(=O)c1ccc(NC(=O)C2Oc3ccccc3OC2C)c(C)c1. The molecule has 0 aliphatic carbocycles. The van der Waals surface area contributed by atoms with Crippen LogP contribution in [0.2, 0.25) is 0 Å². The second-order valence-electron chi connectivity index (χ2n) is 5.82. The van der Waals surface area contributed by atoms with E-state index >= 15 is 0 Å². The van der Waals surface area contributed by atoms with Gasteiger partial charge >= 0.3 is 5.97 Å². The van der Waals surface area contributed by atoms with E-state index in [0.29, 0.717) is 22.7 Å². The van der Waals surface area contributed by atoms with Crippen molar-refractivity contribution in [2.45, 2.75) is 26.1 Å². The average molecular weight is 341 g/mol. The number of carbonyl (C=O) groups is 2. The lowest BCUT2D eigenvalue weighted by Crippen LogP contribution is -2.46. The van der Waals surface area contributed by atoms with E-state index in [9.17, 15) is 9.59 Å². The molecule has 1 N–H and O–H groups in total. The number of ether oxygens (including phenoxy) is 3. The van der Waals surface area contributed by atoms with Crippen molar-refractivity contribution in [3.8, 4) is 11.5 Å². The highest BCUT2D eigenvalue weighted by Crippen LogP contribution is 2.33. The Kier molecular flexibility index (Phi) is 4.61. The zero-order valence-electron chi connectivity index (χ0n) is 14.2. The number of hydrogen-bond donors (Lipinski definition) is 1. The van der Waals surface area contributed by atoms with E-state index in [1.807, 2.05) is 12.1 Å². The monoisotopic (exact) mass is 341 g/mol. The Morgan fingerprint density at radius 2 is 1.76 bits per heavy atom. The van der Waals surface area contributed by atoms with Crippen molar-refractivity contribution in [1.29, 1.82) is 0 Å². The van der Waals surface area contributed by atoms with Crippen molar-refractivity contribution in [2.24, 2.45) is 0 Å². The molecule has 6 nitrogen and oxygen atoms in total. The van der Waals surface area contributed by atoms with Crippen LogP contribution in [0.5, 0.6) is 11.5 Å². The topological polar surface area (TPSA) is 73.9 Å². The number of rotatable bonds is 3. The third-order valence-electron chi connectivity index (χ3n) is 4.01. The minimum Gasteiger partial charge on any atom is -0.482 e. The van der Waals surface area contributed by atoms with Gasteiger partial charge in [0.15, 0.2) is 11.5 Å². The Bertz CT molecular complexity index is 817.